The fraction of sp³-hybridized carbons (Fsp3) is 0.280. The zero-order valence-corrected chi connectivity index (χ0v) is 22.3. The van der Waals surface area contributed by atoms with E-state index in [0.29, 0.717) is 22.0 Å². The molecule has 0 aliphatic rings. The molecule has 0 bridgehead atoms. The van der Waals surface area contributed by atoms with Crippen LogP contribution >= 0.6 is 0 Å². The summed E-state index contributed by atoms with van der Waals surface area (Å²) >= 11 is 0. The Hall–Kier alpha value is -4.97. The first-order valence-corrected chi connectivity index (χ1v) is 12.2. The summed E-state index contributed by atoms with van der Waals surface area (Å²) in [5.74, 6) is -1.17. The van der Waals surface area contributed by atoms with Crippen molar-refractivity contribution in [1.82, 2.24) is 38.6 Å². The van der Waals surface area contributed by atoms with Crippen LogP contribution in [0.25, 0.3) is 33.9 Å². The molecule has 19 heteroatoms. The lowest BCUT2D eigenvalue weighted by atomic mass is 10.1. The van der Waals surface area contributed by atoms with Crippen molar-refractivity contribution in [2.75, 3.05) is 7.11 Å². The number of imidazole rings is 2. The fourth-order valence-electron chi connectivity index (χ4n) is 4.48. The number of methoxy groups -OCH3 is 1. The number of alkyl halides is 9. The second-order valence-corrected chi connectivity index (χ2v) is 9.37. The van der Waals surface area contributed by atoms with Gasteiger partial charge in [0.2, 0.25) is 11.5 Å². The van der Waals surface area contributed by atoms with E-state index in [1.165, 1.54) is 35.9 Å². The number of hydrogen-bond acceptors (Lipinski definition) is 7. The number of ether oxygens (including phenoxy) is 1. The van der Waals surface area contributed by atoms with Crippen molar-refractivity contribution in [3.63, 3.8) is 0 Å². The number of nitrogens with zero attached hydrogens (tertiary/aromatic N) is 8. The molecule has 5 aromatic rings. The first-order valence-electron chi connectivity index (χ1n) is 12.2. The van der Waals surface area contributed by atoms with Crippen LogP contribution in [0.2, 0.25) is 0 Å². The average molecular weight is 631 g/mol. The summed E-state index contributed by atoms with van der Waals surface area (Å²) in [7, 11) is 2.42. The van der Waals surface area contributed by atoms with Crippen LogP contribution in [0.3, 0.4) is 0 Å². The summed E-state index contributed by atoms with van der Waals surface area (Å²) in [5.41, 5.74) is -3.95. The monoisotopic (exact) mass is 631 g/mol. The summed E-state index contributed by atoms with van der Waals surface area (Å²) in [4.78, 5) is 18.5. The van der Waals surface area contributed by atoms with Gasteiger partial charge < -0.3 is 9.30 Å². The lowest BCUT2D eigenvalue weighted by Crippen LogP contribution is -2.30. The van der Waals surface area contributed by atoms with E-state index in [1.807, 2.05) is 0 Å². The summed E-state index contributed by atoms with van der Waals surface area (Å²) in [6.07, 6.45) is -12.2. The van der Waals surface area contributed by atoms with Crippen molar-refractivity contribution >= 4 is 11.2 Å². The minimum atomic E-state index is -5.00. The molecule has 5 rings (SSSR count). The molecule has 0 saturated carbocycles. The van der Waals surface area contributed by atoms with Gasteiger partial charge in [0.15, 0.2) is 22.9 Å². The van der Waals surface area contributed by atoms with Crippen molar-refractivity contribution in [2.45, 2.75) is 31.6 Å². The van der Waals surface area contributed by atoms with E-state index in [-0.39, 0.29) is 23.5 Å². The molecule has 1 N–H and O–H groups in total. The van der Waals surface area contributed by atoms with Gasteiger partial charge >= 0.3 is 18.5 Å². The lowest BCUT2D eigenvalue weighted by molar-refractivity contribution is -0.141. The van der Waals surface area contributed by atoms with Gasteiger partial charge in [-0.15, -0.1) is 0 Å². The molecule has 4 aromatic heterocycles. The third kappa shape index (κ3) is 5.80. The number of fused-ring (bicyclic) bond motifs is 1. The number of rotatable bonds is 6. The molecule has 0 saturated heterocycles. The summed E-state index contributed by atoms with van der Waals surface area (Å²) in [6, 6.07) is 5.77. The molecular weight excluding hydrogens is 613 g/mol. The highest BCUT2D eigenvalue weighted by Gasteiger charge is 2.39. The molecule has 0 fully saturated rings. The second-order valence-electron chi connectivity index (χ2n) is 9.37. The van der Waals surface area contributed by atoms with Crippen LogP contribution in [0.1, 0.15) is 17.0 Å². The van der Waals surface area contributed by atoms with Crippen molar-refractivity contribution < 1.29 is 44.3 Å². The highest BCUT2D eigenvalue weighted by atomic mass is 19.4. The molecule has 1 aromatic carbocycles. The molecule has 232 valence electrons. The Morgan fingerprint density at radius 2 is 1.55 bits per heavy atom. The lowest BCUT2D eigenvalue weighted by Gasteiger charge is -2.13. The van der Waals surface area contributed by atoms with Crippen LogP contribution in [0.5, 0.6) is 5.88 Å². The van der Waals surface area contributed by atoms with E-state index in [4.69, 9.17) is 10.1 Å². The molecule has 0 aliphatic carbocycles. The molecule has 10 nitrogen and oxygen atoms in total. The van der Waals surface area contributed by atoms with Gasteiger partial charge in [-0.1, -0.05) is 24.3 Å². The summed E-state index contributed by atoms with van der Waals surface area (Å²) in [5, 5.41) is 8.47. The highest BCUT2D eigenvalue weighted by Crippen LogP contribution is 2.38. The van der Waals surface area contributed by atoms with Gasteiger partial charge in [-0.05, 0) is 5.56 Å². The van der Waals surface area contributed by atoms with Gasteiger partial charge in [-0.25, -0.2) is 24.9 Å². The Morgan fingerprint density at radius 1 is 0.864 bits per heavy atom. The molecule has 0 radical (unpaired) electrons. The molecule has 0 spiro atoms. The molecule has 0 unspecified atom stereocenters. The maximum atomic E-state index is 13.8. The minimum Gasteiger partial charge on any atom is -0.480 e. The first-order chi connectivity index (χ1) is 20.5. The molecule has 4 heterocycles. The second kappa shape index (κ2) is 10.6. The zero-order chi connectivity index (χ0) is 32.2. The number of nitrogens with one attached hydrogen (secondary N) is 1. The number of aryl methyl sites for hydroxylation is 1. The van der Waals surface area contributed by atoms with Crippen molar-refractivity contribution in [2.24, 2.45) is 7.05 Å². The number of halogens is 9. The Kier molecular flexibility index (Phi) is 7.37. The molecule has 0 amide bonds. The van der Waals surface area contributed by atoms with Crippen LogP contribution < -0.4 is 10.4 Å². The van der Waals surface area contributed by atoms with Crippen LogP contribution in [0, 0.1) is 5.41 Å². The number of aromatic nitrogens is 8. The minimum absolute atomic E-state index is 0.00336. The summed E-state index contributed by atoms with van der Waals surface area (Å²) in [6.45, 7) is -1.91. The van der Waals surface area contributed by atoms with Crippen molar-refractivity contribution in [3.8, 4) is 28.7 Å². The first kappa shape index (κ1) is 30.5. The van der Waals surface area contributed by atoms with E-state index in [9.17, 15) is 39.5 Å². The Balaban J connectivity index is 1.62. The van der Waals surface area contributed by atoms with E-state index < -0.39 is 59.3 Å². The Bertz CT molecular complexity index is 1900. The van der Waals surface area contributed by atoms with E-state index in [0.717, 1.165) is 24.1 Å². The fourth-order valence-corrected chi connectivity index (χ4v) is 4.48. The van der Waals surface area contributed by atoms with Crippen LogP contribution in [-0.2, 0) is 32.5 Å². The number of benzene rings is 1. The topological polar surface area (TPSA) is 112 Å². The van der Waals surface area contributed by atoms with Gasteiger partial charge in [0, 0.05) is 18.8 Å². The van der Waals surface area contributed by atoms with Crippen LogP contribution in [0.4, 0.5) is 39.5 Å². The standard InChI is InChI=1S/C25H18F9N9O/c1-41-9-15(24(29,30)31)39-19(41)13-5-3-12(4-6-13)8-42-20-14(43(22(42)35)10-23(26,27)28)7-36-18(40-20)16-17(25(32,33)34)37-11-38-21(16)44-2/h3-7,9,11,35H,8,10H2,1-2H3. The third-order valence-corrected chi connectivity index (χ3v) is 6.36. The third-order valence-electron chi connectivity index (χ3n) is 6.36. The smallest absolute Gasteiger partial charge is 0.434 e. The van der Waals surface area contributed by atoms with E-state index >= 15 is 0 Å². The van der Waals surface area contributed by atoms with Crippen molar-refractivity contribution in [3.05, 3.63) is 65.6 Å². The van der Waals surface area contributed by atoms with Crippen molar-refractivity contribution in [1.29, 1.82) is 5.41 Å². The van der Waals surface area contributed by atoms with E-state index in [1.54, 1.807) is 0 Å². The normalized spacial score (nSPS) is 12.7. The molecule has 0 aliphatic heterocycles. The predicted octanol–water partition coefficient (Wildman–Crippen LogP) is 5.23. The predicted molar refractivity (Wildman–Crippen MR) is 133 cm³/mol. The van der Waals surface area contributed by atoms with Crippen LogP contribution in [-0.4, -0.2) is 51.9 Å². The summed E-state index contributed by atoms with van der Waals surface area (Å²) < 4.78 is 129. The van der Waals surface area contributed by atoms with E-state index in [2.05, 4.69) is 24.9 Å². The SMILES string of the molecule is COc1ncnc(C(F)(F)F)c1-c1ncc2c(n1)n(Cc1ccc(-c3nc(C(F)(F)F)cn3C)cc1)c(=N)n2CC(F)(F)F. The van der Waals surface area contributed by atoms with Gasteiger partial charge in [-0.2, -0.15) is 39.5 Å². The molecular formula is C25H18F9N9O. The molecule has 44 heavy (non-hydrogen) atoms. The maximum Gasteiger partial charge on any atom is 0.434 e. The quantitative estimate of drug-likeness (QED) is 0.257. The highest BCUT2D eigenvalue weighted by molar-refractivity contribution is 5.75. The van der Waals surface area contributed by atoms with Gasteiger partial charge in [-0.3, -0.25) is 14.5 Å². The molecule has 0 atom stereocenters. The Labute approximate surface area is 239 Å². The largest absolute Gasteiger partial charge is 0.480 e. The number of hydrogen-bond donors (Lipinski definition) is 1. The maximum absolute atomic E-state index is 13.8. The Morgan fingerprint density at radius 3 is 2.11 bits per heavy atom. The zero-order valence-electron chi connectivity index (χ0n) is 22.3. The van der Waals surface area contributed by atoms with Crippen LogP contribution in [0.15, 0.2) is 43.0 Å². The van der Waals surface area contributed by atoms with Gasteiger partial charge in [0.05, 0.1) is 19.9 Å². The average Bonchev–Trinajstić information content (AvgIpc) is 3.45. The van der Waals surface area contributed by atoms with Gasteiger partial charge in [0.1, 0.15) is 29.8 Å². The van der Waals surface area contributed by atoms with Gasteiger partial charge in [0.25, 0.3) is 0 Å².